The van der Waals surface area contributed by atoms with Gasteiger partial charge in [0.05, 0.1) is 13.2 Å². The lowest BCUT2D eigenvalue weighted by Crippen LogP contribution is -2.07. The minimum Gasteiger partial charge on any atom is -0.463 e. The van der Waals surface area contributed by atoms with Crippen LogP contribution in [0.2, 0.25) is 0 Å². The second-order valence-electron chi connectivity index (χ2n) is 7.05. The van der Waals surface area contributed by atoms with Gasteiger partial charge >= 0.3 is 11.9 Å². The molecule has 0 radical (unpaired) electrons. The van der Waals surface area contributed by atoms with Gasteiger partial charge < -0.3 is 19.1 Å². The molecule has 0 rings (SSSR count). The van der Waals surface area contributed by atoms with Crippen molar-refractivity contribution in [3.8, 4) is 0 Å². The summed E-state index contributed by atoms with van der Waals surface area (Å²) >= 11 is 0. The first-order valence-corrected chi connectivity index (χ1v) is 10.5. The number of ether oxygens (including phenoxy) is 2. The highest BCUT2D eigenvalue weighted by atomic mass is 16.5. The van der Waals surface area contributed by atoms with Crippen LogP contribution in [0.15, 0.2) is 49.6 Å². The summed E-state index contributed by atoms with van der Waals surface area (Å²) in [6.07, 6.45) is 4.49. The Kier molecular flexibility index (Phi) is 28.8. The van der Waals surface area contributed by atoms with Crippen molar-refractivity contribution in [3.05, 3.63) is 49.6 Å². The summed E-state index contributed by atoms with van der Waals surface area (Å²) in [7, 11) is 0. The van der Waals surface area contributed by atoms with Gasteiger partial charge in [0.15, 0.2) is 11.6 Å². The van der Waals surface area contributed by atoms with Crippen LogP contribution in [0.25, 0.3) is 0 Å². The molecule has 0 N–H and O–H groups in total. The molecule has 192 valence electrons. The second-order valence-corrected chi connectivity index (χ2v) is 7.05. The predicted octanol–water partition coefficient (Wildman–Crippen LogP) is 4.47. The number of Topliss-reactive ketones (excluding diaryl/α,β-unsaturated/α-hetero) is 3. The molecule has 0 aromatic rings. The maximum atomic E-state index is 10.8. The van der Waals surface area contributed by atoms with Gasteiger partial charge in [0.25, 0.3) is 0 Å². The van der Waals surface area contributed by atoms with Crippen LogP contribution in [0, 0.1) is 0 Å². The molecule has 0 fully saturated rings. The Balaban J connectivity index is -0.000000188. The van der Waals surface area contributed by atoms with Crippen molar-refractivity contribution in [3.63, 3.8) is 0 Å². The lowest BCUT2D eigenvalue weighted by Gasteiger charge is -2.01. The average Bonchev–Trinajstić information content (AvgIpc) is 2.74. The summed E-state index contributed by atoms with van der Waals surface area (Å²) in [6, 6.07) is 0. The third-order valence-electron chi connectivity index (χ3n) is 3.23. The van der Waals surface area contributed by atoms with E-state index in [1.54, 1.807) is 13.8 Å². The van der Waals surface area contributed by atoms with E-state index in [1.807, 2.05) is 0 Å². The van der Waals surface area contributed by atoms with Gasteiger partial charge in [-0.05, 0) is 66.0 Å². The Morgan fingerprint density at radius 2 is 1.00 bits per heavy atom. The number of rotatable bonds is 12. The van der Waals surface area contributed by atoms with E-state index in [2.05, 4.69) is 31.1 Å². The second kappa shape index (κ2) is 25.8. The Labute approximate surface area is 203 Å². The van der Waals surface area contributed by atoms with E-state index in [4.69, 9.17) is 4.74 Å². The van der Waals surface area contributed by atoms with E-state index < -0.39 is 11.9 Å². The highest BCUT2D eigenvalue weighted by Gasteiger charge is 2.02. The lowest BCUT2D eigenvalue weighted by molar-refractivity contribution is -0.139. The lowest BCUT2D eigenvalue weighted by atomic mass is 10.2. The van der Waals surface area contributed by atoms with Crippen LogP contribution in [-0.4, -0.2) is 48.3 Å². The minimum atomic E-state index is -0.437. The summed E-state index contributed by atoms with van der Waals surface area (Å²) in [5.74, 6) is -0.520. The summed E-state index contributed by atoms with van der Waals surface area (Å²) in [5.41, 5.74) is 1.01. The molecule has 0 aromatic heterocycles. The van der Waals surface area contributed by atoms with Crippen molar-refractivity contribution < 1.29 is 38.2 Å². The topological polar surface area (TPSA) is 121 Å². The zero-order valence-electron chi connectivity index (χ0n) is 21.5. The van der Waals surface area contributed by atoms with E-state index in [0.717, 1.165) is 6.08 Å². The molecule has 8 nitrogen and oxygen atoms in total. The minimum absolute atomic E-state index is 0.0185. The van der Waals surface area contributed by atoms with E-state index >= 15 is 0 Å². The Morgan fingerprint density at radius 3 is 1.24 bits per heavy atom. The van der Waals surface area contributed by atoms with Gasteiger partial charge in [-0.15, -0.1) is 0 Å². The van der Waals surface area contributed by atoms with E-state index in [-0.39, 0.29) is 23.1 Å². The number of allylic oxidation sites excluding steroid dienone is 2. The highest BCUT2D eigenvalue weighted by molar-refractivity contribution is 5.91. The van der Waals surface area contributed by atoms with Crippen molar-refractivity contribution in [1.29, 1.82) is 0 Å². The molecule has 0 aromatic carbocycles. The molecule has 0 bridgehead atoms. The van der Waals surface area contributed by atoms with Crippen LogP contribution in [0.4, 0.5) is 0 Å². The first-order chi connectivity index (χ1) is 15.6. The average molecular weight is 481 g/mol. The number of carbonyl (C=O) groups is 6. The summed E-state index contributed by atoms with van der Waals surface area (Å²) in [5, 5.41) is 0. The molecule has 0 saturated heterocycles. The fourth-order valence-electron chi connectivity index (χ4n) is 1.16. The van der Waals surface area contributed by atoms with Crippen LogP contribution < -0.4 is 0 Å². The molecule has 0 aliphatic carbocycles. The summed E-state index contributed by atoms with van der Waals surface area (Å²) in [4.78, 5) is 61.8. The van der Waals surface area contributed by atoms with E-state index in [1.165, 1.54) is 33.8 Å². The van der Waals surface area contributed by atoms with Crippen LogP contribution in [-0.2, 0) is 38.2 Å². The van der Waals surface area contributed by atoms with E-state index in [0.29, 0.717) is 50.0 Å². The molecule has 8 heteroatoms. The molecular formula is C26H40O8. The Morgan fingerprint density at radius 1 is 0.647 bits per heavy atom. The number of hydrogen-bond acceptors (Lipinski definition) is 8. The molecule has 0 saturated carbocycles. The van der Waals surface area contributed by atoms with Gasteiger partial charge in [0, 0.05) is 24.5 Å². The van der Waals surface area contributed by atoms with Crippen molar-refractivity contribution in [2.45, 2.75) is 67.2 Å². The van der Waals surface area contributed by atoms with Gasteiger partial charge in [-0.2, -0.15) is 0 Å². The molecule has 0 spiro atoms. The largest absolute Gasteiger partial charge is 0.463 e. The SMILES string of the molecule is C=C(C)C(=O)OCCCC(C)=O.C=C(C)C(C)=O.C=CC(=O)OCCCC(C)=O.C=CC(C)=O. The normalized spacial score (nSPS) is 8.41. The van der Waals surface area contributed by atoms with Crippen molar-refractivity contribution in [1.82, 2.24) is 0 Å². The third kappa shape index (κ3) is 42.6. The van der Waals surface area contributed by atoms with Gasteiger partial charge in [-0.25, -0.2) is 9.59 Å². The first-order valence-electron chi connectivity index (χ1n) is 10.5. The molecule has 0 aliphatic heterocycles. The van der Waals surface area contributed by atoms with Crippen molar-refractivity contribution in [2.24, 2.45) is 0 Å². The molecule has 0 atom stereocenters. The number of hydrogen-bond donors (Lipinski definition) is 0. The fraction of sp³-hybridized carbons (Fsp3) is 0.462. The zero-order valence-corrected chi connectivity index (χ0v) is 21.5. The van der Waals surface area contributed by atoms with Crippen LogP contribution in [0.3, 0.4) is 0 Å². The van der Waals surface area contributed by atoms with Gasteiger partial charge in [0.1, 0.15) is 11.6 Å². The fourth-order valence-corrected chi connectivity index (χ4v) is 1.16. The quantitative estimate of drug-likeness (QED) is 0.228. The van der Waals surface area contributed by atoms with Gasteiger partial charge in [-0.1, -0.05) is 26.3 Å². The number of carbonyl (C=O) groups excluding carboxylic acids is 6. The Bertz CT molecular complexity index is 717. The molecule has 34 heavy (non-hydrogen) atoms. The first kappa shape index (κ1) is 37.9. The van der Waals surface area contributed by atoms with Crippen LogP contribution in [0.5, 0.6) is 0 Å². The smallest absolute Gasteiger partial charge is 0.333 e. The zero-order chi connectivity index (χ0) is 27.7. The third-order valence-corrected chi connectivity index (χ3v) is 3.23. The van der Waals surface area contributed by atoms with Gasteiger partial charge in [-0.3, -0.25) is 9.59 Å². The van der Waals surface area contributed by atoms with E-state index in [9.17, 15) is 28.8 Å². The van der Waals surface area contributed by atoms with Crippen LogP contribution in [0.1, 0.15) is 67.2 Å². The number of ketones is 4. The maximum Gasteiger partial charge on any atom is 0.333 e. The molecule has 0 aliphatic rings. The standard InChI is InChI=1S/C9H14O3.C8H12O3.C5H8O.C4H6O/c1-7(2)9(11)12-6-4-5-8(3)10;1-3-8(10)11-6-4-5-7(2)9;1-4(2)5(3)6;1-3-4(2)5/h1,4-6H2,2-3H3;3H,1,4-6H2,2H3;1H2,2-3H3;3H,1H2,2H3. The molecule has 0 amide bonds. The van der Waals surface area contributed by atoms with Crippen LogP contribution >= 0.6 is 0 Å². The predicted molar refractivity (Wildman–Crippen MR) is 133 cm³/mol. The molecular weight excluding hydrogens is 440 g/mol. The summed E-state index contributed by atoms with van der Waals surface area (Å²) in [6.45, 7) is 23.1. The molecule has 0 heterocycles. The molecule has 0 unspecified atom stereocenters. The van der Waals surface area contributed by atoms with Gasteiger partial charge in [0.2, 0.25) is 0 Å². The summed E-state index contributed by atoms with van der Waals surface area (Å²) < 4.78 is 9.40. The van der Waals surface area contributed by atoms with Crippen molar-refractivity contribution >= 4 is 35.1 Å². The Hall–Kier alpha value is -3.42. The highest BCUT2D eigenvalue weighted by Crippen LogP contribution is 1.96. The maximum absolute atomic E-state index is 10.8. The van der Waals surface area contributed by atoms with Crippen molar-refractivity contribution in [2.75, 3.05) is 13.2 Å². The number of esters is 2. The monoisotopic (exact) mass is 480 g/mol.